The number of unbranched alkanes of at least 4 members (excludes halogenated alkanes) is 1. The van der Waals surface area contributed by atoms with E-state index in [0.717, 1.165) is 18.5 Å². The van der Waals surface area contributed by atoms with Crippen LogP contribution in [-0.4, -0.2) is 32.8 Å². The van der Waals surface area contributed by atoms with Gasteiger partial charge in [-0.1, -0.05) is 38.0 Å². The van der Waals surface area contributed by atoms with Crippen molar-refractivity contribution >= 4 is 11.9 Å². The number of benzene rings is 1. The van der Waals surface area contributed by atoms with Crippen LogP contribution >= 0.6 is 0 Å². The van der Waals surface area contributed by atoms with Crippen molar-refractivity contribution in [2.24, 2.45) is 0 Å². The van der Waals surface area contributed by atoms with Gasteiger partial charge in [-0.15, -0.1) is 0 Å². The van der Waals surface area contributed by atoms with E-state index in [0.29, 0.717) is 17.7 Å². The lowest BCUT2D eigenvalue weighted by molar-refractivity contribution is -0.139. The summed E-state index contributed by atoms with van der Waals surface area (Å²) in [5.74, 6) is -1.42. The summed E-state index contributed by atoms with van der Waals surface area (Å²) in [5.41, 5.74) is 1.79. The van der Waals surface area contributed by atoms with E-state index in [4.69, 9.17) is 0 Å². The molecule has 6 nitrogen and oxygen atoms in total. The summed E-state index contributed by atoms with van der Waals surface area (Å²) in [5, 5.41) is 16.1. The van der Waals surface area contributed by atoms with Crippen LogP contribution in [0.15, 0.2) is 36.5 Å². The van der Waals surface area contributed by atoms with Crippen molar-refractivity contribution in [1.82, 2.24) is 15.1 Å². The molecule has 1 atom stereocenters. The average Bonchev–Trinajstić information content (AvgIpc) is 2.94. The number of para-hydroxylation sites is 1. The molecular weight excluding hydrogens is 294 g/mol. The van der Waals surface area contributed by atoms with E-state index in [2.05, 4.69) is 10.4 Å². The molecule has 1 heterocycles. The number of carboxylic acid groups (broad SMARTS) is 1. The maximum absolute atomic E-state index is 12.4. The highest BCUT2D eigenvalue weighted by Gasteiger charge is 2.22. The van der Waals surface area contributed by atoms with E-state index >= 15 is 0 Å². The van der Waals surface area contributed by atoms with Crippen LogP contribution in [-0.2, 0) is 4.79 Å². The van der Waals surface area contributed by atoms with E-state index in [9.17, 15) is 14.7 Å². The van der Waals surface area contributed by atoms with Crippen molar-refractivity contribution in [2.75, 3.05) is 0 Å². The van der Waals surface area contributed by atoms with Gasteiger partial charge in [0.15, 0.2) is 0 Å². The maximum atomic E-state index is 12.4. The zero-order valence-electron chi connectivity index (χ0n) is 13.3. The van der Waals surface area contributed by atoms with Crippen molar-refractivity contribution in [2.45, 2.75) is 39.2 Å². The van der Waals surface area contributed by atoms with Crippen molar-refractivity contribution < 1.29 is 14.7 Å². The van der Waals surface area contributed by atoms with Crippen LogP contribution in [0.5, 0.6) is 0 Å². The van der Waals surface area contributed by atoms with Gasteiger partial charge in [0.25, 0.3) is 5.91 Å². The monoisotopic (exact) mass is 315 g/mol. The van der Waals surface area contributed by atoms with Gasteiger partial charge in [0.05, 0.1) is 16.9 Å². The van der Waals surface area contributed by atoms with Gasteiger partial charge in [-0.2, -0.15) is 5.10 Å². The molecule has 0 bridgehead atoms. The van der Waals surface area contributed by atoms with Gasteiger partial charge < -0.3 is 10.4 Å². The van der Waals surface area contributed by atoms with Crippen LogP contribution in [0.1, 0.15) is 42.2 Å². The summed E-state index contributed by atoms with van der Waals surface area (Å²) >= 11 is 0. The minimum absolute atomic E-state index is 0.386. The molecule has 0 spiro atoms. The fourth-order valence-electron chi connectivity index (χ4n) is 2.30. The van der Waals surface area contributed by atoms with Crippen LogP contribution in [0.4, 0.5) is 0 Å². The maximum Gasteiger partial charge on any atom is 0.326 e. The highest BCUT2D eigenvalue weighted by molar-refractivity contribution is 5.97. The lowest BCUT2D eigenvalue weighted by atomic mass is 10.1. The smallest absolute Gasteiger partial charge is 0.326 e. The van der Waals surface area contributed by atoms with Crippen LogP contribution in [0.2, 0.25) is 0 Å². The number of aliphatic carboxylic acids is 1. The normalized spacial score (nSPS) is 11.9. The van der Waals surface area contributed by atoms with Gasteiger partial charge in [0.2, 0.25) is 0 Å². The number of hydrogen-bond acceptors (Lipinski definition) is 3. The number of carbonyl (C=O) groups excluding carboxylic acids is 1. The van der Waals surface area contributed by atoms with E-state index in [1.54, 1.807) is 17.8 Å². The number of amides is 1. The summed E-state index contributed by atoms with van der Waals surface area (Å²) in [6, 6.07) is 8.57. The molecule has 0 saturated heterocycles. The van der Waals surface area contributed by atoms with Gasteiger partial charge in [-0.25, -0.2) is 9.48 Å². The standard InChI is InChI=1S/C17H21N3O3/c1-3-4-10-15(17(22)23)18-16(21)14-11-20(19-12(14)2)13-8-6-5-7-9-13/h5-9,11,15H,3-4,10H2,1-2H3,(H,18,21)(H,22,23)/t15-/m0/s1. The number of rotatable bonds is 7. The van der Waals surface area contributed by atoms with Crippen LogP contribution < -0.4 is 5.32 Å². The molecule has 0 aliphatic heterocycles. The molecule has 2 N–H and O–H groups in total. The molecule has 0 aliphatic rings. The second kappa shape index (κ2) is 7.58. The average molecular weight is 315 g/mol. The fourth-order valence-corrected chi connectivity index (χ4v) is 2.30. The third-order valence-electron chi connectivity index (χ3n) is 3.61. The molecular formula is C17H21N3O3. The predicted molar refractivity (Wildman–Crippen MR) is 86.7 cm³/mol. The Bertz CT molecular complexity index is 680. The van der Waals surface area contributed by atoms with Crippen molar-refractivity contribution in [1.29, 1.82) is 0 Å². The van der Waals surface area contributed by atoms with Gasteiger partial charge in [0.1, 0.15) is 6.04 Å². The molecule has 6 heteroatoms. The Morgan fingerprint density at radius 1 is 1.30 bits per heavy atom. The van der Waals surface area contributed by atoms with Gasteiger partial charge in [-0.05, 0) is 25.5 Å². The van der Waals surface area contributed by atoms with Crippen LogP contribution in [0, 0.1) is 6.92 Å². The number of aryl methyl sites for hydroxylation is 1. The van der Waals surface area contributed by atoms with Gasteiger partial charge in [-0.3, -0.25) is 4.79 Å². The Balaban J connectivity index is 2.16. The predicted octanol–water partition coefficient (Wildman–Crippen LogP) is 2.55. The van der Waals surface area contributed by atoms with E-state index in [1.807, 2.05) is 37.3 Å². The molecule has 0 saturated carbocycles. The number of hydrogen-bond donors (Lipinski definition) is 2. The number of aromatic nitrogens is 2. The molecule has 0 unspecified atom stereocenters. The lowest BCUT2D eigenvalue weighted by Gasteiger charge is -2.13. The molecule has 122 valence electrons. The first-order valence-corrected chi connectivity index (χ1v) is 7.68. The summed E-state index contributed by atoms with van der Waals surface area (Å²) in [7, 11) is 0. The topological polar surface area (TPSA) is 84.2 Å². The quantitative estimate of drug-likeness (QED) is 0.822. The third kappa shape index (κ3) is 4.18. The molecule has 2 aromatic rings. The van der Waals surface area contributed by atoms with Crippen molar-refractivity contribution in [3.8, 4) is 5.69 Å². The Hall–Kier alpha value is -2.63. The molecule has 0 aliphatic carbocycles. The molecule has 23 heavy (non-hydrogen) atoms. The van der Waals surface area contributed by atoms with E-state index < -0.39 is 17.9 Å². The minimum atomic E-state index is -1.01. The van der Waals surface area contributed by atoms with E-state index in [-0.39, 0.29) is 0 Å². The Morgan fingerprint density at radius 2 is 2.00 bits per heavy atom. The third-order valence-corrected chi connectivity index (χ3v) is 3.61. The molecule has 0 fully saturated rings. The SMILES string of the molecule is CCCC[C@H](NC(=O)c1cn(-c2ccccc2)nc1C)C(=O)O. The molecule has 1 aromatic heterocycles. The highest BCUT2D eigenvalue weighted by Crippen LogP contribution is 2.12. The summed E-state index contributed by atoms with van der Waals surface area (Å²) in [4.78, 5) is 23.6. The number of carbonyl (C=O) groups is 2. The van der Waals surface area contributed by atoms with E-state index in [1.165, 1.54) is 0 Å². The first-order valence-electron chi connectivity index (χ1n) is 7.68. The van der Waals surface area contributed by atoms with Crippen LogP contribution in [0.25, 0.3) is 5.69 Å². The van der Waals surface area contributed by atoms with Crippen molar-refractivity contribution in [3.63, 3.8) is 0 Å². The van der Waals surface area contributed by atoms with Gasteiger partial charge in [0, 0.05) is 6.20 Å². The number of nitrogens with zero attached hydrogens (tertiary/aromatic N) is 2. The Kier molecular flexibility index (Phi) is 5.51. The Labute approximate surface area is 135 Å². The molecule has 0 radical (unpaired) electrons. The molecule has 1 aromatic carbocycles. The molecule has 1 amide bonds. The summed E-state index contributed by atoms with van der Waals surface area (Å²) in [6.45, 7) is 3.71. The lowest BCUT2D eigenvalue weighted by Crippen LogP contribution is -2.40. The Morgan fingerprint density at radius 3 is 2.61 bits per heavy atom. The number of carboxylic acids is 1. The summed E-state index contributed by atoms with van der Waals surface area (Å²) < 4.78 is 1.62. The first-order chi connectivity index (χ1) is 11.0. The highest BCUT2D eigenvalue weighted by atomic mass is 16.4. The molecule has 2 rings (SSSR count). The second-order valence-corrected chi connectivity index (χ2v) is 5.41. The van der Waals surface area contributed by atoms with Gasteiger partial charge >= 0.3 is 5.97 Å². The zero-order chi connectivity index (χ0) is 16.8. The zero-order valence-corrected chi connectivity index (χ0v) is 13.3. The van der Waals surface area contributed by atoms with Crippen molar-refractivity contribution in [3.05, 3.63) is 47.8 Å². The largest absolute Gasteiger partial charge is 0.480 e. The second-order valence-electron chi connectivity index (χ2n) is 5.41. The van der Waals surface area contributed by atoms with Crippen LogP contribution in [0.3, 0.4) is 0 Å². The number of nitrogens with one attached hydrogen (secondary N) is 1. The fraction of sp³-hybridized carbons (Fsp3) is 0.353. The summed E-state index contributed by atoms with van der Waals surface area (Å²) in [6.07, 6.45) is 3.67. The first kappa shape index (κ1) is 16.7. The minimum Gasteiger partial charge on any atom is -0.480 e.